The summed E-state index contributed by atoms with van der Waals surface area (Å²) < 4.78 is 6.25. The molecule has 1 aromatic heterocycles. The van der Waals surface area contributed by atoms with E-state index in [1.54, 1.807) is 12.3 Å². The summed E-state index contributed by atoms with van der Waals surface area (Å²) in [6.45, 7) is 8.10. The maximum Gasteiger partial charge on any atom is 0.255 e. The molecule has 2 fully saturated rings. The number of aryl methyl sites for hydroxylation is 2. The van der Waals surface area contributed by atoms with Gasteiger partial charge in [-0.2, -0.15) is 0 Å². The van der Waals surface area contributed by atoms with Gasteiger partial charge in [-0.05, 0) is 74.0 Å². The van der Waals surface area contributed by atoms with Crippen molar-refractivity contribution in [1.29, 1.82) is 0 Å². The van der Waals surface area contributed by atoms with Crippen molar-refractivity contribution in [2.24, 2.45) is 0 Å². The zero-order valence-corrected chi connectivity index (χ0v) is 24.4. The second kappa shape index (κ2) is 12.8. The van der Waals surface area contributed by atoms with Gasteiger partial charge in [0, 0.05) is 37.9 Å². The van der Waals surface area contributed by atoms with Gasteiger partial charge in [-0.25, -0.2) is 4.98 Å². The molecule has 0 radical (unpaired) electrons. The lowest BCUT2D eigenvalue weighted by Crippen LogP contribution is -2.47. The van der Waals surface area contributed by atoms with Crippen LogP contribution in [0.3, 0.4) is 0 Å². The highest BCUT2D eigenvalue weighted by Crippen LogP contribution is 2.26. The van der Waals surface area contributed by atoms with Crippen LogP contribution in [0.5, 0.6) is 0 Å². The highest BCUT2D eigenvalue weighted by molar-refractivity contribution is 5.99. The Kier molecular flexibility index (Phi) is 9.00. The number of nitrogens with zero attached hydrogens (tertiary/aromatic N) is 3. The zero-order chi connectivity index (χ0) is 28.9. The fourth-order valence-electron chi connectivity index (χ4n) is 5.61. The summed E-state index contributed by atoms with van der Waals surface area (Å²) in [5, 5.41) is 3.16. The predicted octanol–water partition coefficient (Wildman–Crippen LogP) is 4.13. The molecule has 2 amide bonds. The number of nitrogens with two attached hydrogens (primary N) is 1. The number of likely N-dealkylation sites (N-methyl/N-ethyl adjacent to an activating group) is 1. The summed E-state index contributed by atoms with van der Waals surface area (Å²) in [6, 6.07) is 16.0. The van der Waals surface area contributed by atoms with Gasteiger partial charge in [0.2, 0.25) is 5.91 Å². The number of rotatable bonds is 8. The Morgan fingerprint density at radius 2 is 1.68 bits per heavy atom. The predicted molar refractivity (Wildman–Crippen MR) is 161 cm³/mol. The maximum absolute atomic E-state index is 13.3. The number of hydrogen-bond acceptors (Lipinski definition) is 6. The number of anilines is 1. The highest BCUT2D eigenvalue weighted by Gasteiger charge is 2.30. The maximum atomic E-state index is 13.3. The average Bonchev–Trinajstić information content (AvgIpc) is 3.41. The highest BCUT2D eigenvalue weighted by atomic mass is 16.5. The quantitative estimate of drug-likeness (QED) is 0.434. The van der Waals surface area contributed by atoms with Crippen LogP contribution in [-0.4, -0.2) is 72.0 Å². The van der Waals surface area contributed by atoms with Crippen molar-refractivity contribution < 1.29 is 14.3 Å². The average molecular weight is 556 g/mol. The number of aromatic nitrogens is 1. The number of pyridine rings is 1. The van der Waals surface area contributed by atoms with E-state index in [9.17, 15) is 9.59 Å². The van der Waals surface area contributed by atoms with Gasteiger partial charge in [-0.3, -0.25) is 9.59 Å². The molecule has 1 aliphatic carbocycles. The number of carbonyl (C=O) groups excluding carboxylic acids is 2. The minimum Gasteiger partial charge on any atom is -0.383 e. The van der Waals surface area contributed by atoms with Crippen molar-refractivity contribution in [2.45, 2.75) is 58.3 Å². The minimum atomic E-state index is -0.238. The summed E-state index contributed by atoms with van der Waals surface area (Å²) in [7, 11) is 2.08. The topological polar surface area (TPSA) is 101 Å². The fourth-order valence-corrected chi connectivity index (χ4v) is 5.61. The van der Waals surface area contributed by atoms with E-state index in [1.807, 2.05) is 29.2 Å². The van der Waals surface area contributed by atoms with Crippen LogP contribution in [0.4, 0.5) is 5.82 Å². The van der Waals surface area contributed by atoms with Crippen molar-refractivity contribution in [3.63, 3.8) is 0 Å². The van der Waals surface area contributed by atoms with E-state index in [4.69, 9.17) is 10.5 Å². The molecule has 2 aromatic carbocycles. The van der Waals surface area contributed by atoms with Gasteiger partial charge in [0.1, 0.15) is 5.82 Å². The molecule has 2 atom stereocenters. The molecule has 0 spiro atoms. The second-order valence-corrected chi connectivity index (χ2v) is 11.5. The molecule has 41 heavy (non-hydrogen) atoms. The summed E-state index contributed by atoms with van der Waals surface area (Å²) in [5.41, 5.74) is 12.8. The first-order valence-corrected chi connectivity index (χ1v) is 14.6. The molecule has 5 rings (SSSR count). The minimum absolute atomic E-state index is 0.0426. The molecule has 3 aromatic rings. The van der Waals surface area contributed by atoms with Gasteiger partial charge in [0.05, 0.1) is 30.7 Å². The molecule has 8 nitrogen and oxygen atoms in total. The van der Waals surface area contributed by atoms with Crippen molar-refractivity contribution in [3.8, 4) is 11.1 Å². The summed E-state index contributed by atoms with van der Waals surface area (Å²) in [4.78, 5) is 34.5. The van der Waals surface area contributed by atoms with Gasteiger partial charge in [-0.1, -0.05) is 42.5 Å². The summed E-state index contributed by atoms with van der Waals surface area (Å²) >= 11 is 0. The van der Waals surface area contributed by atoms with E-state index in [0.717, 1.165) is 67.7 Å². The van der Waals surface area contributed by atoms with Crippen LogP contribution in [0.1, 0.15) is 51.9 Å². The SMILES string of the molecule is Cc1ccc(CO[C@H]2CCC[C@@H]2NC(=O)c2cc(-c3ccc(CC(=O)N4CCN(C)CC4)cc3)cnc2N)cc1C. The molecule has 216 valence electrons. The third-order valence-corrected chi connectivity index (χ3v) is 8.47. The lowest BCUT2D eigenvalue weighted by Gasteiger charge is -2.32. The number of carbonyl (C=O) groups is 2. The number of nitrogen functional groups attached to an aromatic ring is 1. The van der Waals surface area contributed by atoms with Gasteiger partial charge >= 0.3 is 0 Å². The molecule has 2 heterocycles. The standard InChI is InChI=1S/C33H41N5O3/c1-22-7-8-25(17-23(22)2)21-41-30-6-4-5-29(30)36-33(40)28-19-27(20-35-32(28)34)26-11-9-24(10-12-26)18-31(39)38-15-13-37(3)14-16-38/h7-12,17,19-20,29-30H,4-6,13-16,18,21H2,1-3H3,(H2,34,35)(H,36,40)/t29-,30-/m0/s1. The van der Waals surface area contributed by atoms with Crippen LogP contribution in [-0.2, 0) is 22.6 Å². The van der Waals surface area contributed by atoms with E-state index in [2.05, 4.69) is 54.3 Å². The number of ether oxygens (including phenoxy) is 1. The van der Waals surface area contributed by atoms with Crippen LogP contribution in [0.25, 0.3) is 11.1 Å². The van der Waals surface area contributed by atoms with E-state index in [0.29, 0.717) is 18.6 Å². The van der Waals surface area contributed by atoms with E-state index in [1.165, 1.54) is 11.1 Å². The molecule has 2 aliphatic rings. The lowest BCUT2D eigenvalue weighted by atomic mass is 10.0. The normalized spacial score (nSPS) is 19.3. The Labute approximate surface area is 242 Å². The first-order valence-electron chi connectivity index (χ1n) is 14.6. The van der Waals surface area contributed by atoms with Crippen LogP contribution in [0.15, 0.2) is 54.7 Å². The van der Waals surface area contributed by atoms with Crippen molar-refractivity contribution in [3.05, 3.63) is 82.5 Å². The number of amides is 2. The summed E-state index contributed by atoms with van der Waals surface area (Å²) in [6.07, 6.45) is 4.80. The second-order valence-electron chi connectivity index (χ2n) is 11.5. The fraction of sp³-hybridized carbons (Fsp3) is 0.424. The van der Waals surface area contributed by atoms with Crippen molar-refractivity contribution in [1.82, 2.24) is 20.1 Å². The van der Waals surface area contributed by atoms with Crippen LogP contribution in [0, 0.1) is 13.8 Å². The zero-order valence-electron chi connectivity index (χ0n) is 24.4. The number of nitrogens with one attached hydrogen (secondary N) is 1. The van der Waals surface area contributed by atoms with E-state index >= 15 is 0 Å². The third-order valence-electron chi connectivity index (χ3n) is 8.47. The van der Waals surface area contributed by atoms with Crippen LogP contribution < -0.4 is 11.1 Å². The molecular weight excluding hydrogens is 514 g/mol. The Balaban J connectivity index is 1.20. The van der Waals surface area contributed by atoms with Gasteiger partial charge in [-0.15, -0.1) is 0 Å². The Hall–Kier alpha value is -3.75. The molecule has 3 N–H and O–H groups in total. The molecule has 0 unspecified atom stereocenters. The summed E-state index contributed by atoms with van der Waals surface area (Å²) in [5.74, 6) is 0.117. The van der Waals surface area contributed by atoms with Gasteiger partial charge < -0.3 is 25.6 Å². The van der Waals surface area contributed by atoms with E-state index < -0.39 is 0 Å². The number of benzene rings is 2. The van der Waals surface area contributed by atoms with Crippen LogP contribution in [0.2, 0.25) is 0 Å². The number of hydrogen-bond donors (Lipinski definition) is 2. The molecule has 1 saturated carbocycles. The molecule has 1 saturated heterocycles. The smallest absolute Gasteiger partial charge is 0.255 e. The monoisotopic (exact) mass is 555 g/mol. The molecule has 1 aliphatic heterocycles. The Morgan fingerprint density at radius 1 is 0.951 bits per heavy atom. The first kappa shape index (κ1) is 28.8. The van der Waals surface area contributed by atoms with Crippen molar-refractivity contribution >= 4 is 17.6 Å². The third kappa shape index (κ3) is 7.13. The van der Waals surface area contributed by atoms with Crippen molar-refractivity contribution in [2.75, 3.05) is 39.0 Å². The first-order chi connectivity index (χ1) is 19.8. The van der Waals surface area contributed by atoms with Crippen LogP contribution >= 0.6 is 0 Å². The molecular formula is C33H41N5O3. The van der Waals surface area contributed by atoms with Gasteiger partial charge in [0.25, 0.3) is 5.91 Å². The van der Waals surface area contributed by atoms with Gasteiger partial charge in [0.15, 0.2) is 0 Å². The Bertz CT molecular complexity index is 1380. The van der Waals surface area contributed by atoms with E-state index in [-0.39, 0.29) is 29.8 Å². The lowest BCUT2D eigenvalue weighted by molar-refractivity contribution is -0.132. The molecule has 8 heteroatoms. The number of piperazine rings is 1. The largest absolute Gasteiger partial charge is 0.383 e. The molecule has 0 bridgehead atoms. The Morgan fingerprint density at radius 3 is 2.41 bits per heavy atom.